The van der Waals surface area contributed by atoms with Crippen molar-refractivity contribution in [1.29, 1.82) is 0 Å². The van der Waals surface area contributed by atoms with Gasteiger partial charge in [-0.05, 0) is 69.6 Å². The molecule has 2 rings (SSSR count). The molecule has 0 aromatic rings. The molecule has 2 fully saturated rings. The molecule has 0 aliphatic heterocycles. The van der Waals surface area contributed by atoms with Gasteiger partial charge in [0.25, 0.3) is 0 Å². The largest absolute Gasteiger partial charge is 0.481 e. The van der Waals surface area contributed by atoms with Crippen molar-refractivity contribution in [3.63, 3.8) is 0 Å². The van der Waals surface area contributed by atoms with Crippen LogP contribution in [0.1, 0.15) is 57.8 Å². The van der Waals surface area contributed by atoms with Crippen LogP contribution in [0.15, 0.2) is 0 Å². The Morgan fingerprint density at radius 1 is 0.684 bits per heavy atom. The van der Waals surface area contributed by atoms with E-state index in [1.807, 2.05) is 0 Å². The maximum absolute atomic E-state index is 10.9. The molecule has 0 aromatic heterocycles. The number of hydrogen-bond acceptors (Lipinski definition) is 2. The van der Waals surface area contributed by atoms with Crippen molar-refractivity contribution >= 4 is 11.9 Å². The van der Waals surface area contributed by atoms with Gasteiger partial charge in [-0.1, -0.05) is 0 Å². The van der Waals surface area contributed by atoms with E-state index < -0.39 is 11.9 Å². The molecular formula is C15H24O4. The molecule has 0 bridgehead atoms. The zero-order valence-electron chi connectivity index (χ0n) is 11.4. The molecule has 2 saturated carbocycles. The van der Waals surface area contributed by atoms with Crippen molar-refractivity contribution < 1.29 is 19.8 Å². The number of carboxylic acids is 2. The van der Waals surface area contributed by atoms with Crippen LogP contribution >= 0.6 is 0 Å². The van der Waals surface area contributed by atoms with E-state index in [1.165, 1.54) is 6.42 Å². The number of carbonyl (C=O) groups is 2. The summed E-state index contributed by atoms with van der Waals surface area (Å²) >= 11 is 0. The molecule has 2 N–H and O–H groups in total. The van der Waals surface area contributed by atoms with E-state index in [0.717, 1.165) is 51.4 Å². The van der Waals surface area contributed by atoms with Gasteiger partial charge >= 0.3 is 11.9 Å². The van der Waals surface area contributed by atoms with Crippen molar-refractivity contribution in [3.05, 3.63) is 0 Å². The second kappa shape index (κ2) is 6.40. The molecule has 0 spiro atoms. The summed E-state index contributed by atoms with van der Waals surface area (Å²) in [6, 6.07) is 0. The van der Waals surface area contributed by atoms with Gasteiger partial charge < -0.3 is 10.2 Å². The van der Waals surface area contributed by atoms with Crippen molar-refractivity contribution in [1.82, 2.24) is 0 Å². The number of carboxylic acid groups (broad SMARTS) is 2. The quantitative estimate of drug-likeness (QED) is 0.821. The van der Waals surface area contributed by atoms with Crippen LogP contribution in [0.3, 0.4) is 0 Å². The summed E-state index contributed by atoms with van der Waals surface area (Å²) < 4.78 is 0. The second-order valence-electron chi connectivity index (χ2n) is 6.35. The summed E-state index contributed by atoms with van der Waals surface area (Å²) in [5, 5.41) is 17.9. The van der Waals surface area contributed by atoms with Crippen LogP contribution in [0.4, 0.5) is 0 Å². The molecule has 0 amide bonds. The average Bonchev–Trinajstić information content (AvgIpc) is 2.40. The lowest BCUT2D eigenvalue weighted by molar-refractivity contribution is -0.143. The predicted molar refractivity (Wildman–Crippen MR) is 70.8 cm³/mol. The van der Waals surface area contributed by atoms with E-state index in [1.54, 1.807) is 0 Å². The van der Waals surface area contributed by atoms with E-state index in [9.17, 15) is 9.59 Å². The predicted octanol–water partition coefficient (Wildman–Crippen LogP) is 3.16. The molecule has 0 atom stereocenters. The topological polar surface area (TPSA) is 74.6 Å². The van der Waals surface area contributed by atoms with Crippen LogP contribution in [-0.4, -0.2) is 22.2 Å². The molecule has 0 radical (unpaired) electrons. The molecule has 4 heteroatoms. The Kier molecular flexibility index (Phi) is 4.83. The molecular weight excluding hydrogens is 244 g/mol. The number of hydrogen-bond donors (Lipinski definition) is 2. The zero-order valence-corrected chi connectivity index (χ0v) is 11.4. The third-order valence-electron chi connectivity index (χ3n) is 5.06. The van der Waals surface area contributed by atoms with E-state index in [0.29, 0.717) is 11.8 Å². The third kappa shape index (κ3) is 3.95. The van der Waals surface area contributed by atoms with Crippen LogP contribution in [-0.2, 0) is 9.59 Å². The SMILES string of the molecule is O=C(O)C1CCC(CC2CCC(C(=O)O)CC2)CC1. The summed E-state index contributed by atoms with van der Waals surface area (Å²) in [5.74, 6) is -0.192. The summed E-state index contributed by atoms with van der Waals surface area (Å²) in [7, 11) is 0. The minimum atomic E-state index is -0.639. The highest BCUT2D eigenvalue weighted by atomic mass is 16.4. The highest BCUT2D eigenvalue weighted by Crippen LogP contribution is 2.38. The van der Waals surface area contributed by atoms with Crippen molar-refractivity contribution in [2.75, 3.05) is 0 Å². The lowest BCUT2D eigenvalue weighted by Crippen LogP contribution is -2.25. The van der Waals surface area contributed by atoms with Gasteiger partial charge in [0, 0.05) is 0 Å². The first-order valence-electron chi connectivity index (χ1n) is 7.52. The standard InChI is InChI=1S/C15H24O4/c16-14(17)12-5-1-10(2-6-12)9-11-3-7-13(8-4-11)15(18)19/h10-13H,1-9H2,(H,16,17)(H,18,19). The number of aliphatic carboxylic acids is 2. The molecule has 0 saturated heterocycles. The van der Waals surface area contributed by atoms with Crippen molar-refractivity contribution in [2.24, 2.45) is 23.7 Å². The fraction of sp³-hybridized carbons (Fsp3) is 0.867. The van der Waals surface area contributed by atoms with Gasteiger partial charge in [0.1, 0.15) is 0 Å². The minimum Gasteiger partial charge on any atom is -0.481 e. The van der Waals surface area contributed by atoms with Crippen LogP contribution in [0.2, 0.25) is 0 Å². The Morgan fingerprint density at radius 2 is 1.00 bits per heavy atom. The smallest absolute Gasteiger partial charge is 0.306 e. The second-order valence-corrected chi connectivity index (χ2v) is 6.35. The molecule has 108 valence electrons. The van der Waals surface area contributed by atoms with Gasteiger partial charge in [0.2, 0.25) is 0 Å². The Morgan fingerprint density at radius 3 is 1.26 bits per heavy atom. The Balaban J connectivity index is 1.69. The van der Waals surface area contributed by atoms with E-state index in [-0.39, 0.29) is 11.8 Å². The van der Waals surface area contributed by atoms with Gasteiger partial charge in [-0.2, -0.15) is 0 Å². The Hall–Kier alpha value is -1.06. The van der Waals surface area contributed by atoms with E-state index in [2.05, 4.69) is 0 Å². The highest BCUT2D eigenvalue weighted by Gasteiger charge is 2.30. The lowest BCUT2D eigenvalue weighted by atomic mass is 9.73. The fourth-order valence-electron chi connectivity index (χ4n) is 3.76. The maximum Gasteiger partial charge on any atom is 0.306 e. The van der Waals surface area contributed by atoms with Gasteiger partial charge in [0.15, 0.2) is 0 Å². The van der Waals surface area contributed by atoms with Gasteiger partial charge in [-0.3, -0.25) is 9.59 Å². The van der Waals surface area contributed by atoms with Crippen LogP contribution in [0, 0.1) is 23.7 Å². The number of rotatable bonds is 4. The first-order valence-corrected chi connectivity index (χ1v) is 7.52. The minimum absolute atomic E-state index is 0.126. The molecule has 0 unspecified atom stereocenters. The lowest BCUT2D eigenvalue weighted by Gasteiger charge is -2.32. The molecule has 2 aliphatic carbocycles. The van der Waals surface area contributed by atoms with Gasteiger partial charge in [-0.25, -0.2) is 0 Å². The van der Waals surface area contributed by atoms with Gasteiger partial charge in [0.05, 0.1) is 11.8 Å². The highest BCUT2D eigenvalue weighted by molar-refractivity contribution is 5.70. The Labute approximate surface area is 114 Å². The van der Waals surface area contributed by atoms with Crippen molar-refractivity contribution in [2.45, 2.75) is 57.8 Å². The molecule has 2 aliphatic rings. The first-order chi connectivity index (χ1) is 9.06. The zero-order chi connectivity index (χ0) is 13.8. The van der Waals surface area contributed by atoms with E-state index >= 15 is 0 Å². The van der Waals surface area contributed by atoms with Crippen LogP contribution in [0.5, 0.6) is 0 Å². The average molecular weight is 268 g/mol. The van der Waals surface area contributed by atoms with E-state index in [4.69, 9.17) is 10.2 Å². The van der Waals surface area contributed by atoms with Crippen molar-refractivity contribution in [3.8, 4) is 0 Å². The summed E-state index contributed by atoms with van der Waals surface area (Å²) in [6.45, 7) is 0. The summed E-state index contributed by atoms with van der Waals surface area (Å²) in [4.78, 5) is 21.8. The summed E-state index contributed by atoms with van der Waals surface area (Å²) in [6.07, 6.45) is 8.62. The molecule has 0 aromatic carbocycles. The fourth-order valence-corrected chi connectivity index (χ4v) is 3.76. The monoisotopic (exact) mass is 268 g/mol. The molecule has 4 nitrogen and oxygen atoms in total. The van der Waals surface area contributed by atoms with Gasteiger partial charge in [-0.15, -0.1) is 0 Å². The maximum atomic E-state index is 10.9. The Bertz CT molecular complexity index is 291. The third-order valence-corrected chi connectivity index (χ3v) is 5.06. The normalized spacial score (nSPS) is 35.8. The first kappa shape index (κ1) is 14.4. The van der Waals surface area contributed by atoms with Crippen LogP contribution < -0.4 is 0 Å². The molecule has 0 heterocycles. The van der Waals surface area contributed by atoms with Crippen LogP contribution in [0.25, 0.3) is 0 Å². The summed E-state index contributed by atoms with van der Waals surface area (Å²) in [5.41, 5.74) is 0. The molecule has 19 heavy (non-hydrogen) atoms.